The van der Waals surface area contributed by atoms with Gasteiger partial charge in [-0.3, -0.25) is 0 Å². The van der Waals surface area contributed by atoms with E-state index in [0.29, 0.717) is 16.7 Å². The van der Waals surface area contributed by atoms with E-state index in [4.69, 9.17) is 14.6 Å². The highest BCUT2D eigenvalue weighted by Gasteiger charge is 2.08. The third kappa shape index (κ3) is 2.29. The van der Waals surface area contributed by atoms with Crippen LogP contribution in [-0.2, 0) is 6.61 Å². The fraction of sp³-hybridized carbons (Fsp3) is 0.200. The van der Waals surface area contributed by atoms with Crippen molar-refractivity contribution in [3.8, 4) is 16.7 Å². The summed E-state index contributed by atoms with van der Waals surface area (Å²) in [7, 11) is 1.55. The summed E-state index contributed by atoms with van der Waals surface area (Å²) >= 11 is 1.16. The van der Waals surface area contributed by atoms with E-state index in [1.807, 2.05) is 0 Å². The van der Waals surface area contributed by atoms with Crippen LogP contribution in [0.5, 0.6) is 16.7 Å². The SMILES string of the molecule is COc1cc(CO)ccc1Oc1ncns1. The first-order chi connectivity index (χ1) is 7.83. The van der Waals surface area contributed by atoms with E-state index in [0.717, 1.165) is 17.1 Å². The van der Waals surface area contributed by atoms with E-state index in [2.05, 4.69) is 9.36 Å². The van der Waals surface area contributed by atoms with Crippen LogP contribution in [0.4, 0.5) is 0 Å². The van der Waals surface area contributed by atoms with Crippen LogP contribution in [0.25, 0.3) is 0 Å². The molecule has 0 amide bonds. The van der Waals surface area contributed by atoms with Crippen LogP contribution in [-0.4, -0.2) is 21.6 Å². The van der Waals surface area contributed by atoms with E-state index in [9.17, 15) is 0 Å². The lowest BCUT2D eigenvalue weighted by molar-refractivity contribution is 0.280. The molecule has 2 aromatic rings. The Morgan fingerprint density at radius 1 is 1.38 bits per heavy atom. The van der Waals surface area contributed by atoms with Gasteiger partial charge >= 0.3 is 0 Å². The monoisotopic (exact) mass is 238 g/mol. The zero-order chi connectivity index (χ0) is 11.4. The maximum atomic E-state index is 8.99. The van der Waals surface area contributed by atoms with Gasteiger partial charge < -0.3 is 14.6 Å². The third-order valence-corrected chi connectivity index (χ3v) is 2.49. The van der Waals surface area contributed by atoms with Crippen molar-refractivity contribution in [3.05, 3.63) is 30.1 Å². The average Bonchev–Trinajstić information content (AvgIpc) is 2.82. The molecule has 0 radical (unpaired) electrons. The Morgan fingerprint density at radius 2 is 2.25 bits per heavy atom. The highest BCUT2D eigenvalue weighted by molar-refractivity contribution is 7.07. The number of aliphatic hydroxyl groups excluding tert-OH is 1. The van der Waals surface area contributed by atoms with Crippen molar-refractivity contribution >= 4 is 11.5 Å². The van der Waals surface area contributed by atoms with Crippen molar-refractivity contribution in [1.82, 2.24) is 9.36 Å². The van der Waals surface area contributed by atoms with E-state index in [1.165, 1.54) is 6.33 Å². The predicted molar refractivity (Wildman–Crippen MR) is 58.9 cm³/mol. The maximum Gasteiger partial charge on any atom is 0.298 e. The topological polar surface area (TPSA) is 64.5 Å². The summed E-state index contributed by atoms with van der Waals surface area (Å²) in [5.74, 6) is 1.11. The Morgan fingerprint density at radius 3 is 2.88 bits per heavy atom. The summed E-state index contributed by atoms with van der Waals surface area (Å²) in [6.07, 6.45) is 1.43. The summed E-state index contributed by atoms with van der Waals surface area (Å²) in [4.78, 5) is 3.91. The smallest absolute Gasteiger partial charge is 0.298 e. The lowest BCUT2D eigenvalue weighted by Crippen LogP contribution is -1.92. The number of aliphatic hydroxyl groups is 1. The molecule has 1 aromatic carbocycles. The number of methoxy groups -OCH3 is 1. The molecule has 0 unspecified atom stereocenters. The molecule has 1 heterocycles. The minimum atomic E-state index is -0.0323. The molecule has 0 bridgehead atoms. The molecule has 0 atom stereocenters. The maximum absolute atomic E-state index is 8.99. The molecule has 1 N–H and O–H groups in total. The Kier molecular flexibility index (Phi) is 3.33. The fourth-order valence-corrected chi connectivity index (χ4v) is 1.60. The second-order valence-corrected chi connectivity index (χ2v) is 3.70. The molecule has 0 aliphatic heterocycles. The lowest BCUT2D eigenvalue weighted by Gasteiger charge is -2.08. The van der Waals surface area contributed by atoms with Crippen molar-refractivity contribution in [3.63, 3.8) is 0 Å². The van der Waals surface area contributed by atoms with Gasteiger partial charge in [-0.25, -0.2) is 0 Å². The number of hydrogen-bond acceptors (Lipinski definition) is 6. The first-order valence-electron chi connectivity index (χ1n) is 4.56. The fourth-order valence-electron chi connectivity index (χ4n) is 1.20. The van der Waals surface area contributed by atoms with Crippen LogP contribution in [0.2, 0.25) is 0 Å². The third-order valence-electron chi connectivity index (χ3n) is 1.95. The highest BCUT2D eigenvalue weighted by atomic mass is 32.1. The Labute approximate surface area is 96.5 Å². The van der Waals surface area contributed by atoms with Crippen molar-refractivity contribution in [2.45, 2.75) is 6.61 Å². The van der Waals surface area contributed by atoms with Gasteiger partial charge in [0.25, 0.3) is 5.19 Å². The number of nitrogens with zero attached hydrogens (tertiary/aromatic N) is 2. The summed E-state index contributed by atoms with van der Waals surface area (Å²) < 4.78 is 14.5. The summed E-state index contributed by atoms with van der Waals surface area (Å²) in [5, 5.41) is 9.44. The van der Waals surface area contributed by atoms with Gasteiger partial charge in [0.1, 0.15) is 6.33 Å². The van der Waals surface area contributed by atoms with Crippen molar-refractivity contribution < 1.29 is 14.6 Å². The molecule has 0 fully saturated rings. The number of aromatic nitrogens is 2. The van der Waals surface area contributed by atoms with E-state index < -0.39 is 0 Å². The molecular weight excluding hydrogens is 228 g/mol. The normalized spacial score (nSPS) is 10.1. The zero-order valence-corrected chi connectivity index (χ0v) is 9.40. The average molecular weight is 238 g/mol. The molecule has 2 rings (SSSR count). The van der Waals surface area contributed by atoms with Crippen LogP contribution in [0, 0.1) is 0 Å². The molecule has 0 aliphatic rings. The van der Waals surface area contributed by atoms with E-state index in [1.54, 1.807) is 25.3 Å². The van der Waals surface area contributed by atoms with Crippen LogP contribution >= 0.6 is 11.5 Å². The quantitative estimate of drug-likeness (QED) is 0.880. The minimum absolute atomic E-state index is 0.0323. The van der Waals surface area contributed by atoms with Gasteiger partial charge in [0, 0.05) is 11.5 Å². The minimum Gasteiger partial charge on any atom is -0.493 e. The first-order valence-corrected chi connectivity index (χ1v) is 5.33. The molecule has 1 aromatic heterocycles. The van der Waals surface area contributed by atoms with Gasteiger partial charge in [0.15, 0.2) is 11.5 Å². The Hall–Kier alpha value is -1.66. The van der Waals surface area contributed by atoms with Crippen molar-refractivity contribution in [2.75, 3.05) is 7.11 Å². The summed E-state index contributed by atoms with van der Waals surface area (Å²) in [6, 6.07) is 5.21. The highest BCUT2D eigenvalue weighted by Crippen LogP contribution is 2.32. The molecule has 5 nitrogen and oxygen atoms in total. The first kappa shape index (κ1) is 10.8. The Balaban J connectivity index is 2.26. The molecule has 6 heteroatoms. The van der Waals surface area contributed by atoms with Gasteiger partial charge in [-0.15, -0.1) is 0 Å². The summed E-state index contributed by atoms with van der Waals surface area (Å²) in [6.45, 7) is -0.0323. The summed E-state index contributed by atoms with van der Waals surface area (Å²) in [5.41, 5.74) is 0.765. The van der Waals surface area contributed by atoms with Crippen LogP contribution in [0.1, 0.15) is 5.56 Å². The molecule has 0 saturated heterocycles. The van der Waals surface area contributed by atoms with Crippen LogP contribution in [0.15, 0.2) is 24.5 Å². The standard InChI is InChI=1S/C10H10N2O3S/c1-14-9-4-7(5-13)2-3-8(9)15-10-11-6-12-16-10/h2-4,6,13H,5H2,1H3. The van der Waals surface area contributed by atoms with Gasteiger partial charge in [-0.1, -0.05) is 6.07 Å². The molecule has 0 spiro atoms. The molecule has 84 valence electrons. The van der Waals surface area contributed by atoms with E-state index >= 15 is 0 Å². The Bertz CT molecular complexity index is 459. The second-order valence-electron chi connectivity index (χ2n) is 2.95. The van der Waals surface area contributed by atoms with E-state index in [-0.39, 0.29) is 6.61 Å². The molecule has 0 saturated carbocycles. The molecule has 16 heavy (non-hydrogen) atoms. The second kappa shape index (κ2) is 4.91. The molecule has 0 aliphatic carbocycles. The van der Waals surface area contributed by atoms with Gasteiger partial charge in [-0.2, -0.15) is 9.36 Å². The predicted octanol–water partition coefficient (Wildman–Crippen LogP) is 1.83. The van der Waals surface area contributed by atoms with Gasteiger partial charge in [0.05, 0.1) is 13.7 Å². The van der Waals surface area contributed by atoms with Gasteiger partial charge in [-0.05, 0) is 17.7 Å². The van der Waals surface area contributed by atoms with Crippen molar-refractivity contribution in [1.29, 1.82) is 0 Å². The number of benzene rings is 1. The van der Waals surface area contributed by atoms with Crippen LogP contribution in [0.3, 0.4) is 0 Å². The number of rotatable bonds is 4. The lowest BCUT2D eigenvalue weighted by atomic mass is 10.2. The number of hydrogen-bond donors (Lipinski definition) is 1. The van der Waals surface area contributed by atoms with Gasteiger partial charge in [0.2, 0.25) is 0 Å². The zero-order valence-electron chi connectivity index (χ0n) is 8.58. The number of ether oxygens (including phenoxy) is 2. The van der Waals surface area contributed by atoms with Crippen molar-refractivity contribution in [2.24, 2.45) is 0 Å². The van der Waals surface area contributed by atoms with Crippen LogP contribution < -0.4 is 9.47 Å². The molecular formula is C10H10N2O3S. The largest absolute Gasteiger partial charge is 0.493 e.